The lowest BCUT2D eigenvalue weighted by molar-refractivity contribution is 0.789. The molecule has 0 atom stereocenters. The molecule has 0 saturated heterocycles. The van der Waals surface area contributed by atoms with Crippen molar-refractivity contribution in [2.45, 2.75) is 18.6 Å². The van der Waals surface area contributed by atoms with Crippen LogP contribution in [-0.4, -0.2) is 25.5 Å². The highest BCUT2D eigenvalue weighted by molar-refractivity contribution is 7.99. The number of benzene rings is 1. The van der Waals surface area contributed by atoms with Gasteiger partial charge < -0.3 is 4.57 Å². The van der Waals surface area contributed by atoms with Crippen LogP contribution in [0.3, 0.4) is 0 Å². The molecule has 0 bridgehead atoms. The number of hydrogen-bond acceptors (Lipinski definition) is 5. The molecule has 94 valence electrons. The summed E-state index contributed by atoms with van der Waals surface area (Å²) >= 11 is 1.31. The number of para-hydroxylation sites is 1. The van der Waals surface area contributed by atoms with Crippen molar-refractivity contribution in [1.82, 2.24) is 19.7 Å². The molecule has 0 radical (unpaired) electrons. The molecule has 6 heteroatoms. The van der Waals surface area contributed by atoms with Crippen LogP contribution in [0.15, 0.2) is 29.4 Å². The molecule has 5 nitrogen and oxygen atoms in total. The van der Waals surface area contributed by atoms with Gasteiger partial charge in [0, 0.05) is 11.9 Å². The van der Waals surface area contributed by atoms with Crippen molar-refractivity contribution in [2.75, 3.05) is 5.75 Å². The topological polar surface area (TPSA) is 67.4 Å². The fraction of sp³-hybridized carbons (Fsp3) is 0.231. The highest BCUT2D eigenvalue weighted by Crippen LogP contribution is 2.26. The summed E-state index contributed by atoms with van der Waals surface area (Å²) in [6.07, 6.45) is 0. The van der Waals surface area contributed by atoms with E-state index in [1.165, 1.54) is 11.8 Å². The van der Waals surface area contributed by atoms with Gasteiger partial charge in [0.05, 0.1) is 17.3 Å². The Morgan fingerprint density at radius 3 is 2.95 bits per heavy atom. The second kappa shape index (κ2) is 4.86. The molecular weight excluding hydrogens is 258 g/mol. The average molecular weight is 269 g/mol. The van der Waals surface area contributed by atoms with E-state index in [0.29, 0.717) is 10.9 Å². The molecule has 0 amide bonds. The van der Waals surface area contributed by atoms with E-state index in [0.717, 1.165) is 28.6 Å². The van der Waals surface area contributed by atoms with Crippen molar-refractivity contribution in [1.29, 1.82) is 5.26 Å². The van der Waals surface area contributed by atoms with Crippen LogP contribution >= 0.6 is 11.8 Å². The van der Waals surface area contributed by atoms with Gasteiger partial charge >= 0.3 is 0 Å². The van der Waals surface area contributed by atoms with Gasteiger partial charge in [-0.25, -0.2) is 4.98 Å². The Morgan fingerprint density at radius 1 is 1.32 bits per heavy atom. The Balaban J connectivity index is 2.27. The van der Waals surface area contributed by atoms with Gasteiger partial charge in [-0.3, -0.25) is 0 Å². The molecule has 3 rings (SSSR count). The monoisotopic (exact) mass is 269 g/mol. The quantitative estimate of drug-likeness (QED) is 0.684. The van der Waals surface area contributed by atoms with Crippen molar-refractivity contribution >= 4 is 33.8 Å². The minimum absolute atomic E-state index is 0.333. The first-order valence-corrected chi connectivity index (χ1v) is 6.95. The van der Waals surface area contributed by atoms with E-state index >= 15 is 0 Å². The number of fused-ring (bicyclic) bond motifs is 3. The number of aromatic nitrogens is 4. The standard InChI is InChI=1S/C13H11N5S/c1-2-18-10-6-4-3-5-9(10)11-12(18)15-13(17-16-11)19-8-7-14/h3-6H,2,8H2,1H3. The molecule has 0 fully saturated rings. The highest BCUT2D eigenvalue weighted by Gasteiger charge is 2.13. The second-order valence-electron chi connectivity index (χ2n) is 3.97. The molecule has 19 heavy (non-hydrogen) atoms. The number of rotatable bonds is 3. The van der Waals surface area contributed by atoms with Crippen LogP contribution in [0.25, 0.3) is 22.1 Å². The lowest BCUT2D eigenvalue weighted by Gasteiger charge is -2.01. The molecular formula is C13H11N5S. The van der Waals surface area contributed by atoms with Crippen LogP contribution in [-0.2, 0) is 6.54 Å². The molecule has 0 saturated carbocycles. The molecule has 3 aromatic rings. The van der Waals surface area contributed by atoms with Gasteiger partial charge in [-0.1, -0.05) is 30.0 Å². The Morgan fingerprint density at radius 2 is 2.16 bits per heavy atom. The third-order valence-corrected chi connectivity index (χ3v) is 3.64. The van der Waals surface area contributed by atoms with Gasteiger partial charge in [0.15, 0.2) is 5.65 Å². The van der Waals surface area contributed by atoms with E-state index < -0.39 is 0 Å². The molecule has 0 aliphatic rings. The van der Waals surface area contributed by atoms with Gasteiger partial charge in [0.1, 0.15) is 5.52 Å². The van der Waals surface area contributed by atoms with E-state index in [1.807, 2.05) is 18.2 Å². The summed E-state index contributed by atoms with van der Waals surface area (Å²) in [7, 11) is 0. The first-order valence-electron chi connectivity index (χ1n) is 5.96. The van der Waals surface area contributed by atoms with Gasteiger partial charge in [0.2, 0.25) is 5.16 Å². The Labute approximate surface area is 114 Å². The van der Waals surface area contributed by atoms with Crippen LogP contribution in [0.2, 0.25) is 0 Å². The van der Waals surface area contributed by atoms with Crippen LogP contribution in [0.5, 0.6) is 0 Å². The summed E-state index contributed by atoms with van der Waals surface area (Å²) in [6.45, 7) is 2.90. The number of nitriles is 1. The zero-order valence-electron chi connectivity index (χ0n) is 10.4. The predicted molar refractivity (Wildman–Crippen MR) is 74.8 cm³/mol. The molecule has 0 spiro atoms. The Kier molecular flexibility index (Phi) is 3.05. The summed E-state index contributed by atoms with van der Waals surface area (Å²) in [5.41, 5.74) is 2.77. The zero-order valence-corrected chi connectivity index (χ0v) is 11.2. The Hall–Kier alpha value is -2.13. The number of hydrogen-bond donors (Lipinski definition) is 0. The Bertz CT molecular complexity index is 787. The van der Waals surface area contributed by atoms with E-state index in [1.54, 1.807) is 0 Å². The minimum Gasteiger partial charge on any atom is -0.324 e. The molecule has 0 aliphatic carbocycles. The number of thioether (sulfide) groups is 1. The first-order chi connectivity index (χ1) is 9.35. The van der Waals surface area contributed by atoms with Crippen LogP contribution in [0.4, 0.5) is 0 Å². The molecule has 0 unspecified atom stereocenters. The number of aryl methyl sites for hydroxylation is 1. The zero-order chi connectivity index (χ0) is 13.2. The van der Waals surface area contributed by atoms with Crippen molar-refractivity contribution in [3.8, 4) is 6.07 Å². The van der Waals surface area contributed by atoms with Crippen molar-refractivity contribution < 1.29 is 0 Å². The van der Waals surface area contributed by atoms with Crippen molar-refractivity contribution in [2.24, 2.45) is 0 Å². The normalized spacial score (nSPS) is 10.9. The molecule has 2 aromatic heterocycles. The van der Waals surface area contributed by atoms with Gasteiger partial charge in [0.25, 0.3) is 0 Å². The fourth-order valence-corrected chi connectivity index (χ4v) is 2.61. The van der Waals surface area contributed by atoms with Gasteiger partial charge in [-0.15, -0.1) is 10.2 Å². The van der Waals surface area contributed by atoms with Crippen LogP contribution < -0.4 is 0 Å². The maximum atomic E-state index is 8.60. The summed E-state index contributed by atoms with van der Waals surface area (Å²) in [5, 5.41) is 18.6. The lowest BCUT2D eigenvalue weighted by Crippen LogP contribution is -1.98. The maximum absolute atomic E-state index is 8.60. The average Bonchev–Trinajstić information content (AvgIpc) is 2.78. The van der Waals surface area contributed by atoms with Crippen molar-refractivity contribution in [3.63, 3.8) is 0 Å². The maximum Gasteiger partial charge on any atom is 0.212 e. The summed E-state index contributed by atoms with van der Waals surface area (Å²) in [6, 6.07) is 10.2. The van der Waals surface area contributed by atoms with Gasteiger partial charge in [-0.2, -0.15) is 5.26 Å². The minimum atomic E-state index is 0.333. The predicted octanol–water partition coefficient (Wildman–Crippen LogP) is 2.62. The third kappa shape index (κ3) is 1.92. The van der Waals surface area contributed by atoms with Crippen LogP contribution in [0, 0.1) is 11.3 Å². The van der Waals surface area contributed by atoms with Crippen LogP contribution in [0.1, 0.15) is 6.92 Å². The highest BCUT2D eigenvalue weighted by atomic mass is 32.2. The number of nitrogens with zero attached hydrogens (tertiary/aromatic N) is 5. The smallest absolute Gasteiger partial charge is 0.212 e. The van der Waals surface area contributed by atoms with Crippen molar-refractivity contribution in [3.05, 3.63) is 24.3 Å². The largest absolute Gasteiger partial charge is 0.324 e. The molecule has 0 N–H and O–H groups in total. The summed E-state index contributed by atoms with van der Waals surface area (Å²) in [4.78, 5) is 4.52. The molecule has 2 heterocycles. The van der Waals surface area contributed by atoms with Gasteiger partial charge in [-0.05, 0) is 13.0 Å². The third-order valence-electron chi connectivity index (χ3n) is 2.94. The SMILES string of the molecule is CCn1c2ccccc2c2nnc(SCC#N)nc21. The van der Waals surface area contributed by atoms with E-state index in [9.17, 15) is 0 Å². The second-order valence-corrected chi connectivity index (χ2v) is 4.92. The summed E-state index contributed by atoms with van der Waals surface area (Å²) < 4.78 is 2.12. The lowest BCUT2D eigenvalue weighted by atomic mass is 10.2. The van der Waals surface area contributed by atoms with E-state index in [2.05, 4.69) is 38.8 Å². The van der Waals surface area contributed by atoms with E-state index in [4.69, 9.17) is 5.26 Å². The molecule has 1 aromatic carbocycles. The fourth-order valence-electron chi connectivity index (χ4n) is 2.17. The first kappa shape index (κ1) is 11.9. The van der Waals surface area contributed by atoms with E-state index in [-0.39, 0.29) is 0 Å². The molecule has 0 aliphatic heterocycles. The summed E-state index contributed by atoms with van der Waals surface area (Å²) in [5.74, 6) is 0.333.